The lowest BCUT2D eigenvalue weighted by atomic mass is 9.76. The quantitative estimate of drug-likeness (QED) is 0.122. The molecular formula is C27H38F6OSi. The van der Waals surface area contributed by atoms with Gasteiger partial charge in [-0.3, -0.25) is 0 Å². The first kappa shape index (κ1) is 28.1. The van der Waals surface area contributed by atoms with Crippen molar-refractivity contribution in [3.63, 3.8) is 0 Å². The van der Waals surface area contributed by atoms with Crippen LogP contribution in [0.4, 0.5) is 26.3 Å². The normalized spacial score (nSPS) is 25.9. The molecule has 1 aromatic rings. The molecule has 35 heavy (non-hydrogen) atoms. The predicted molar refractivity (Wildman–Crippen MR) is 131 cm³/mol. The van der Waals surface area contributed by atoms with Gasteiger partial charge in [-0.05, 0) is 67.6 Å². The van der Waals surface area contributed by atoms with E-state index in [0.29, 0.717) is 5.92 Å². The van der Waals surface area contributed by atoms with Crippen LogP contribution in [0.5, 0.6) is 5.75 Å². The average Bonchev–Trinajstić information content (AvgIpc) is 2.82. The molecule has 1 aliphatic carbocycles. The molecule has 2 fully saturated rings. The summed E-state index contributed by atoms with van der Waals surface area (Å²) < 4.78 is 81.7. The van der Waals surface area contributed by atoms with E-state index in [-0.39, 0.29) is 5.92 Å². The first-order valence-electron chi connectivity index (χ1n) is 13.1. The lowest BCUT2D eigenvalue weighted by molar-refractivity contribution is -0.290. The lowest BCUT2D eigenvalue weighted by Crippen LogP contribution is -2.41. The zero-order chi connectivity index (χ0) is 25.5. The Morgan fingerprint density at radius 3 is 2.14 bits per heavy atom. The van der Waals surface area contributed by atoms with Crippen molar-refractivity contribution >= 4 is 8.80 Å². The van der Waals surface area contributed by atoms with Crippen LogP contribution in [0, 0.1) is 17.7 Å². The van der Waals surface area contributed by atoms with Crippen molar-refractivity contribution in [2.24, 2.45) is 11.8 Å². The summed E-state index contributed by atoms with van der Waals surface area (Å²) in [6.45, 7) is 1.88. The molecule has 3 rings (SSSR count). The molecule has 0 amide bonds. The molecule has 1 saturated carbocycles. The van der Waals surface area contributed by atoms with Crippen LogP contribution < -0.4 is 4.74 Å². The second-order valence-corrected chi connectivity index (χ2v) is 14.0. The first-order valence-corrected chi connectivity index (χ1v) is 15.5. The van der Waals surface area contributed by atoms with Gasteiger partial charge in [0.2, 0.25) is 0 Å². The summed E-state index contributed by atoms with van der Waals surface area (Å²) in [4.78, 5) is 0. The maximum atomic E-state index is 14.3. The third-order valence-corrected chi connectivity index (χ3v) is 11.6. The van der Waals surface area contributed by atoms with Gasteiger partial charge < -0.3 is 4.74 Å². The number of hydrogen-bond acceptors (Lipinski definition) is 1. The molecule has 0 unspecified atom stereocenters. The van der Waals surface area contributed by atoms with Gasteiger partial charge in [0.25, 0.3) is 0 Å². The van der Waals surface area contributed by atoms with E-state index < -0.39 is 39.1 Å². The molecule has 8 heteroatoms. The summed E-state index contributed by atoms with van der Waals surface area (Å²) in [6, 6.07) is 8.44. The molecule has 0 aromatic heterocycles. The largest absolute Gasteiger partial charge is 0.484 e. The number of ether oxygens (including phenoxy) is 1. The summed E-state index contributed by atoms with van der Waals surface area (Å²) in [6.07, 6.45) is 8.23. The maximum absolute atomic E-state index is 14.3. The Balaban J connectivity index is 1.38. The summed E-state index contributed by atoms with van der Waals surface area (Å²) in [7, 11) is -0.502. The van der Waals surface area contributed by atoms with E-state index in [4.69, 9.17) is 0 Å². The fraction of sp³-hybridized carbons (Fsp3) is 0.704. The molecule has 198 valence electrons. The van der Waals surface area contributed by atoms with Crippen molar-refractivity contribution in [2.45, 2.75) is 100 Å². The molecule has 1 aromatic carbocycles. The minimum atomic E-state index is -5.73. The van der Waals surface area contributed by atoms with Crippen molar-refractivity contribution in [3.05, 3.63) is 42.2 Å². The number of benzene rings is 1. The van der Waals surface area contributed by atoms with Gasteiger partial charge in [-0.15, -0.1) is 6.58 Å². The van der Waals surface area contributed by atoms with Gasteiger partial charge in [-0.2, -0.15) is 22.0 Å². The van der Waals surface area contributed by atoms with Gasteiger partial charge in [-0.25, -0.2) is 4.39 Å². The van der Waals surface area contributed by atoms with Gasteiger partial charge in [0.05, 0.1) is 0 Å². The van der Waals surface area contributed by atoms with E-state index in [1.165, 1.54) is 62.4 Å². The molecule has 2 aliphatic rings. The van der Waals surface area contributed by atoms with E-state index in [9.17, 15) is 26.3 Å². The van der Waals surface area contributed by atoms with E-state index in [2.05, 4.69) is 11.3 Å². The molecule has 0 spiro atoms. The molecule has 0 N–H and O–H groups in total. The Morgan fingerprint density at radius 2 is 1.57 bits per heavy atom. The van der Waals surface area contributed by atoms with Crippen LogP contribution in [0.2, 0.25) is 18.1 Å². The van der Waals surface area contributed by atoms with Crippen LogP contribution in [0.1, 0.15) is 75.7 Å². The monoisotopic (exact) mass is 520 g/mol. The molecule has 0 bridgehead atoms. The molecule has 1 heterocycles. The fourth-order valence-electron chi connectivity index (χ4n) is 5.75. The lowest BCUT2D eigenvalue weighted by Gasteiger charge is -2.32. The Bertz CT molecular complexity index is 795. The Labute approximate surface area is 206 Å². The molecule has 1 saturated heterocycles. The number of hydrogen-bond donors (Lipinski definition) is 0. The number of allylic oxidation sites excluding steroid dienone is 1. The summed E-state index contributed by atoms with van der Waals surface area (Å²) in [5.41, 5.74) is 0.760. The van der Waals surface area contributed by atoms with Crippen LogP contribution in [0.3, 0.4) is 0 Å². The molecule has 1 aliphatic heterocycles. The van der Waals surface area contributed by atoms with Crippen LogP contribution in [-0.4, -0.2) is 27.5 Å². The topological polar surface area (TPSA) is 9.23 Å². The highest BCUT2D eigenvalue weighted by molar-refractivity contribution is 6.58. The zero-order valence-corrected chi connectivity index (χ0v) is 21.6. The highest BCUT2D eigenvalue weighted by atomic mass is 28.3. The minimum absolute atomic E-state index is 0.184. The Hall–Kier alpha value is -1.44. The van der Waals surface area contributed by atoms with Crippen molar-refractivity contribution in [2.75, 3.05) is 6.61 Å². The number of unbranched alkanes of at least 4 members (excludes halogenated alkanes) is 1. The van der Waals surface area contributed by atoms with Gasteiger partial charge in [0, 0.05) is 8.80 Å². The van der Waals surface area contributed by atoms with Crippen LogP contribution >= 0.6 is 0 Å². The Morgan fingerprint density at radius 1 is 0.943 bits per heavy atom. The summed E-state index contributed by atoms with van der Waals surface area (Å²) in [5.74, 6) is -4.74. The van der Waals surface area contributed by atoms with Crippen molar-refractivity contribution in [1.29, 1.82) is 0 Å². The van der Waals surface area contributed by atoms with Crippen molar-refractivity contribution < 1.29 is 31.1 Å². The zero-order valence-electron chi connectivity index (χ0n) is 20.4. The number of halogens is 6. The molecule has 0 atom stereocenters. The third-order valence-electron chi connectivity index (χ3n) is 8.07. The molecular weight excluding hydrogens is 482 g/mol. The highest BCUT2D eigenvalue weighted by Gasteiger charge is 2.58. The number of alkyl halides is 5. The fourth-order valence-corrected chi connectivity index (χ4v) is 9.32. The minimum Gasteiger partial charge on any atom is -0.484 e. The second-order valence-electron chi connectivity index (χ2n) is 10.6. The predicted octanol–water partition coefficient (Wildman–Crippen LogP) is 9.06. The van der Waals surface area contributed by atoms with Crippen LogP contribution in [-0.2, 0) is 0 Å². The van der Waals surface area contributed by atoms with E-state index in [0.717, 1.165) is 43.6 Å². The second kappa shape index (κ2) is 12.7. The molecule has 0 radical (unpaired) electrons. The van der Waals surface area contributed by atoms with Crippen LogP contribution in [0.25, 0.3) is 0 Å². The van der Waals surface area contributed by atoms with Gasteiger partial charge in [0.15, 0.2) is 18.2 Å². The standard InChI is InChI=1S/C27H38F6OSi/c1-2-3-4-15-35-16-13-21(14-17-35)6-5-20-7-9-22(10-8-20)23-11-12-25(24(28)18-23)34-19-26(29,30)27(31,32)33/h2,11-12,18,20-22,35H,1,3-10,13-17,19H2/t20-,21-,22-,35-. The summed E-state index contributed by atoms with van der Waals surface area (Å²) in [5, 5.41) is 0. The maximum Gasteiger partial charge on any atom is 0.456 e. The van der Waals surface area contributed by atoms with Gasteiger partial charge >= 0.3 is 12.1 Å². The van der Waals surface area contributed by atoms with E-state index >= 15 is 0 Å². The average molecular weight is 521 g/mol. The summed E-state index contributed by atoms with van der Waals surface area (Å²) >= 11 is 0. The van der Waals surface area contributed by atoms with Crippen LogP contribution in [0.15, 0.2) is 30.9 Å². The highest BCUT2D eigenvalue weighted by Crippen LogP contribution is 2.41. The van der Waals surface area contributed by atoms with Gasteiger partial charge in [0.1, 0.15) is 0 Å². The Kier molecular flexibility index (Phi) is 10.2. The van der Waals surface area contributed by atoms with E-state index in [1.807, 2.05) is 6.08 Å². The molecule has 1 nitrogen and oxygen atoms in total. The SMILES string of the molecule is C=CCCC[Si@H]1CC[C@H](CC[C@H]2CC[C@H](c3ccc(OCC(F)(F)C(F)(F)F)c(F)c3)CC2)CC1. The van der Waals surface area contributed by atoms with E-state index in [1.54, 1.807) is 6.07 Å². The van der Waals surface area contributed by atoms with Crippen molar-refractivity contribution in [3.8, 4) is 5.75 Å². The van der Waals surface area contributed by atoms with Gasteiger partial charge in [-0.1, -0.05) is 62.4 Å². The first-order chi connectivity index (χ1) is 16.6. The third kappa shape index (κ3) is 8.29. The number of rotatable bonds is 11. The smallest absolute Gasteiger partial charge is 0.456 e. The van der Waals surface area contributed by atoms with Crippen molar-refractivity contribution in [1.82, 2.24) is 0 Å².